The Labute approximate surface area is 217 Å². The minimum Gasteiger partial charge on any atom is -0.444 e. The summed E-state index contributed by atoms with van der Waals surface area (Å²) in [6.07, 6.45) is 2.59. The summed E-state index contributed by atoms with van der Waals surface area (Å²) < 4.78 is 5.46. The van der Waals surface area contributed by atoms with Gasteiger partial charge in [0.05, 0.1) is 11.1 Å². The van der Waals surface area contributed by atoms with Crippen LogP contribution in [-0.4, -0.2) is 37.1 Å². The maximum Gasteiger partial charge on any atom is 0.408 e. The second-order valence-corrected chi connectivity index (χ2v) is 13.2. The number of amides is 2. The summed E-state index contributed by atoms with van der Waals surface area (Å²) in [5.74, 6) is 4.14. The summed E-state index contributed by atoms with van der Waals surface area (Å²) in [6, 6.07) is 1.94. The van der Waals surface area contributed by atoms with Crippen LogP contribution in [0.5, 0.6) is 0 Å². The molecular weight excluding hydrogens is 468 g/mol. The Balaban J connectivity index is 2.03. The van der Waals surface area contributed by atoms with Gasteiger partial charge in [-0.25, -0.2) is 9.78 Å². The number of aromatic amines is 1. The Morgan fingerprint density at radius 2 is 1.72 bits per heavy atom. The van der Waals surface area contributed by atoms with Crippen molar-refractivity contribution >= 4 is 32.6 Å². The van der Waals surface area contributed by atoms with Crippen LogP contribution >= 0.6 is 0 Å². The summed E-state index contributed by atoms with van der Waals surface area (Å²) in [4.78, 5) is 32.5. The molecule has 0 spiro atoms. The van der Waals surface area contributed by atoms with Gasteiger partial charge in [0.2, 0.25) is 0 Å². The molecule has 0 unspecified atom stereocenters. The highest BCUT2D eigenvalue weighted by molar-refractivity contribution is 6.50. The van der Waals surface area contributed by atoms with Crippen LogP contribution in [0.3, 0.4) is 0 Å². The van der Waals surface area contributed by atoms with Gasteiger partial charge in [-0.15, -0.1) is 5.54 Å². The van der Waals surface area contributed by atoms with Crippen LogP contribution in [0.1, 0.15) is 96.8 Å². The largest absolute Gasteiger partial charge is 0.444 e. The highest BCUT2D eigenvalue weighted by Gasteiger charge is 2.48. The molecule has 4 N–H and O–H groups in total. The summed E-state index contributed by atoms with van der Waals surface area (Å²) in [5.41, 5.74) is 10.3. The number of pyridine rings is 1. The van der Waals surface area contributed by atoms with Crippen LogP contribution in [0.2, 0.25) is 5.04 Å². The molecule has 0 bridgehead atoms. The molecule has 0 atom stereocenters. The average Bonchev–Trinajstić information content (AvgIpc) is 3.36. The van der Waals surface area contributed by atoms with E-state index in [9.17, 15) is 9.59 Å². The Morgan fingerprint density at radius 3 is 2.19 bits per heavy atom. The number of fused-ring (bicyclic) bond motifs is 1. The molecule has 0 saturated heterocycles. The van der Waals surface area contributed by atoms with E-state index in [4.69, 9.17) is 10.5 Å². The van der Waals surface area contributed by atoms with Crippen molar-refractivity contribution < 1.29 is 14.3 Å². The Morgan fingerprint density at radius 1 is 1.14 bits per heavy atom. The van der Waals surface area contributed by atoms with E-state index in [1.165, 1.54) is 6.20 Å². The normalized spacial score (nSPS) is 15.2. The molecular formula is C28H40N4O3Si. The monoisotopic (exact) mass is 508 g/mol. The number of hydrogen-bond donors (Lipinski definition) is 3. The predicted octanol–water partition coefficient (Wildman–Crippen LogP) is 5.32. The van der Waals surface area contributed by atoms with Gasteiger partial charge in [0.15, 0.2) is 9.52 Å². The van der Waals surface area contributed by atoms with Crippen molar-refractivity contribution in [2.24, 2.45) is 23.5 Å². The first-order valence-corrected chi connectivity index (χ1v) is 13.7. The lowest BCUT2D eigenvalue weighted by Crippen LogP contribution is -2.39. The van der Waals surface area contributed by atoms with E-state index < -0.39 is 23.1 Å². The molecule has 1 fully saturated rings. The number of primary amides is 1. The number of ether oxygens (including phenoxy) is 1. The standard InChI is InChI=1S/C28H40N4O3Si/c1-16(2)28(17(3)4,18(5)6)36-13-10-19-20-14-22(31-24(20)30-15-21(19)23(29)33)27(11-12-27)32-25(34)35-26(7,8)9/h14-18H,11-12H2,1-9H3,(H2,29,33)(H,30,31)(H,32,34). The Bertz CT molecular complexity index is 1190. The van der Waals surface area contributed by atoms with E-state index in [1.807, 2.05) is 26.8 Å². The maximum absolute atomic E-state index is 12.5. The van der Waals surface area contributed by atoms with Crippen LogP contribution in [0, 0.1) is 29.2 Å². The van der Waals surface area contributed by atoms with Crippen LogP contribution in [0.15, 0.2) is 12.3 Å². The topological polar surface area (TPSA) is 110 Å². The number of alkyl carbamates (subject to hydrolysis) is 1. The van der Waals surface area contributed by atoms with Gasteiger partial charge in [-0.1, -0.05) is 47.5 Å². The fourth-order valence-electron chi connectivity index (χ4n) is 5.37. The Kier molecular flexibility index (Phi) is 7.66. The van der Waals surface area contributed by atoms with E-state index in [0.29, 0.717) is 44.0 Å². The van der Waals surface area contributed by atoms with E-state index in [0.717, 1.165) is 23.9 Å². The van der Waals surface area contributed by atoms with Crippen molar-refractivity contribution in [2.75, 3.05) is 0 Å². The lowest BCUT2D eigenvalue weighted by atomic mass is 9.76. The van der Waals surface area contributed by atoms with Crippen LogP contribution < -0.4 is 11.1 Å². The second kappa shape index (κ2) is 9.93. The van der Waals surface area contributed by atoms with Crippen molar-refractivity contribution in [2.45, 2.75) is 91.3 Å². The number of nitrogens with two attached hydrogens (primary N) is 1. The molecule has 2 aromatic heterocycles. The number of H-pyrrole nitrogens is 1. The molecule has 194 valence electrons. The number of carbonyl (C=O) groups excluding carboxylic acids is 2. The number of nitrogens with one attached hydrogen (secondary N) is 2. The SMILES string of the molecule is CC(C)C([Si]C#Cc1c(C(N)=O)cnc2[nH]c(C3(NC(=O)OC(C)(C)C)CC3)cc12)(C(C)C)C(C)C. The smallest absolute Gasteiger partial charge is 0.408 e. The van der Waals surface area contributed by atoms with Gasteiger partial charge in [0.1, 0.15) is 11.2 Å². The zero-order valence-corrected chi connectivity index (χ0v) is 24.1. The van der Waals surface area contributed by atoms with Gasteiger partial charge >= 0.3 is 6.09 Å². The molecule has 36 heavy (non-hydrogen) atoms. The van der Waals surface area contributed by atoms with Gasteiger partial charge in [-0.05, 0) is 62.5 Å². The first-order valence-electron chi connectivity index (χ1n) is 12.7. The highest BCUT2D eigenvalue weighted by atomic mass is 28.2. The van der Waals surface area contributed by atoms with E-state index in [2.05, 4.69) is 68.3 Å². The van der Waals surface area contributed by atoms with Gasteiger partial charge in [0.25, 0.3) is 5.91 Å². The molecule has 3 rings (SSSR count). The maximum atomic E-state index is 12.5. The molecule has 1 aliphatic carbocycles. The van der Waals surface area contributed by atoms with Gasteiger partial charge in [-0.3, -0.25) is 4.79 Å². The summed E-state index contributed by atoms with van der Waals surface area (Å²) in [5, 5.41) is 3.82. The molecule has 1 saturated carbocycles. The molecule has 7 nitrogen and oxygen atoms in total. The van der Waals surface area contributed by atoms with E-state index in [-0.39, 0.29) is 5.04 Å². The predicted molar refractivity (Wildman–Crippen MR) is 145 cm³/mol. The lowest BCUT2D eigenvalue weighted by molar-refractivity contribution is 0.0493. The lowest BCUT2D eigenvalue weighted by Gasteiger charge is -2.43. The summed E-state index contributed by atoms with van der Waals surface area (Å²) >= 11 is 0. The van der Waals surface area contributed by atoms with Crippen LogP contribution in [0.25, 0.3) is 11.0 Å². The van der Waals surface area contributed by atoms with Crippen molar-refractivity contribution in [1.82, 2.24) is 15.3 Å². The quantitative estimate of drug-likeness (QED) is 0.347. The van der Waals surface area contributed by atoms with Crippen LogP contribution in [-0.2, 0) is 10.3 Å². The van der Waals surface area contributed by atoms with Gasteiger partial charge < -0.3 is 20.8 Å². The number of carbonyl (C=O) groups is 2. The minimum atomic E-state index is -0.584. The molecule has 2 radical (unpaired) electrons. The third-order valence-electron chi connectivity index (χ3n) is 7.26. The molecule has 0 aromatic carbocycles. The highest BCUT2D eigenvalue weighted by Crippen LogP contribution is 2.49. The summed E-state index contributed by atoms with van der Waals surface area (Å²) in [7, 11) is 0.403. The first kappa shape index (κ1) is 27.8. The molecule has 8 heteroatoms. The zero-order valence-electron chi connectivity index (χ0n) is 23.1. The third kappa shape index (κ3) is 5.46. The fourth-order valence-corrected chi connectivity index (χ4v) is 6.64. The van der Waals surface area contributed by atoms with Gasteiger partial charge in [-0.2, -0.15) is 0 Å². The number of nitrogens with zero attached hydrogens (tertiary/aromatic N) is 1. The second-order valence-electron chi connectivity index (χ2n) is 11.8. The van der Waals surface area contributed by atoms with Crippen molar-refractivity contribution in [1.29, 1.82) is 0 Å². The van der Waals surface area contributed by atoms with E-state index in [1.54, 1.807) is 0 Å². The van der Waals surface area contributed by atoms with Crippen molar-refractivity contribution in [3.05, 3.63) is 29.1 Å². The van der Waals surface area contributed by atoms with Gasteiger partial charge in [0, 0.05) is 22.8 Å². The van der Waals surface area contributed by atoms with Crippen molar-refractivity contribution in [3.8, 4) is 11.5 Å². The average molecular weight is 509 g/mol. The minimum absolute atomic E-state index is 0.0742. The number of rotatable bonds is 7. The van der Waals surface area contributed by atoms with E-state index >= 15 is 0 Å². The first-order chi connectivity index (χ1) is 16.6. The fraction of sp³-hybridized carbons (Fsp3) is 0.607. The van der Waals surface area contributed by atoms with Crippen LogP contribution in [0.4, 0.5) is 4.79 Å². The molecule has 2 aromatic rings. The summed E-state index contributed by atoms with van der Waals surface area (Å²) in [6.45, 7) is 19.1. The molecule has 2 heterocycles. The number of aromatic nitrogens is 2. The molecule has 2 amide bonds. The third-order valence-corrected chi connectivity index (χ3v) is 9.68. The Hall–Kier alpha value is -2.79. The molecule has 0 aliphatic heterocycles. The zero-order chi connectivity index (χ0) is 27.1. The number of hydrogen-bond acceptors (Lipinski definition) is 4. The van der Waals surface area contributed by atoms with Crippen molar-refractivity contribution in [3.63, 3.8) is 0 Å². The molecule has 1 aliphatic rings.